The van der Waals surface area contributed by atoms with Crippen LogP contribution in [0.15, 0.2) is 30.3 Å². The second-order valence-corrected chi connectivity index (χ2v) is 3.75. The molecule has 0 aliphatic heterocycles. The summed E-state index contributed by atoms with van der Waals surface area (Å²) in [5, 5.41) is 2.60. The molecule has 0 saturated heterocycles. The van der Waals surface area contributed by atoms with Crippen molar-refractivity contribution in [1.82, 2.24) is 5.32 Å². The van der Waals surface area contributed by atoms with Gasteiger partial charge in [-0.3, -0.25) is 4.79 Å². The van der Waals surface area contributed by atoms with Gasteiger partial charge in [0.15, 0.2) is 6.04 Å². The first-order valence-corrected chi connectivity index (χ1v) is 5.56. The van der Waals surface area contributed by atoms with Crippen LogP contribution in [0.4, 0.5) is 0 Å². The highest BCUT2D eigenvalue weighted by atomic mass is 16.5. The number of methoxy groups -OCH3 is 2. The molecule has 5 nitrogen and oxygen atoms in total. The van der Waals surface area contributed by atoms with Crippen LogP contribution in [0.5, 0.6) is 0 Å². The molecule has 0 aliphatic rings. The summed E-state index contributed by atoms with van der Waals surface area (Å²) in [6, 6.07) is 8.09. The number of amides is 1. The Hall–Kier alpha value is -1.88. The molecule has 1 amide bonds. The number of nitrogens with one attached hydrogen (secondary N) is 1. The first-order valence-electron chi connectivity index (χ1n) is 5.56. The summed E-state index contributed by atoms with van der Waals surface area (Å²) in [5.74, 6) is -0.880. The Morgan fingerprint density at radius 3 is 2.28 bits per heavy atom. The average molecular weight is 251 g/mol. The molecule has 0 radical (unpaired) electrons. The minimum absolute atomic E-state index is 0.364. The quantitative estimate of drug-likeness (QED) is 0.794. The zero-order valence-corrected chi connectivity index (χ0v) is 10.7. The van der Waals surface area contributed by atoms with E-state index in [9.17, 15) is 9.59 Å². The Balaban J connectivity index is 2.87. The average Bonchev–Trinajstić information content (AvgIpc) is 2.43. The van der Waals surface area contributed by atoms with Gasteiger partial charge in [0, 0.05) is 7.11 Å². The number of carbonyl (C=O) groups is 2. The van der Waals surface area contributed by atoms with E-state index in [1.54, 1.807) is 31.2 Å². The molecule has 0 aromatic heterocycles. The standard InChI is InChI=1S/C13H17NO4/c1-9(17-2)12(15)14-11(13(16)18-3)10-7-5-4-6-8-10/h4-9,11H,1-3H3,(H,14,15). The van der Waals surface area contributed by atoms with Gasteiger partial charge in [-0.05, 0) is 12.5 Å². The van der Waals surface area contributed by atoms with Crippen molar-refractivity contribution in [2.75, 3.05) is 14.2 Å². The summed E-state index contributed by atoms with van der Waals surface area (Å²) < 4.78 is 9.58. The third kappa shape index (κ3) is 3.56. The van der Waals surface area contributed by atoms with E-state index in [2.05, 4.69) is 10.1 Å². The van der Waals surface area contributed by atoms with Crippen LogP contribution in [0, 0.1) is 0 Å². The lowest BCUT2D eigenvalue weighted by Gasteiger charge is -2.18. The van der Waals surface area contributed by atoms with Gasteiger partial charge in [-0.25, -0.2) is 4.79 Å². The van der Waals surface area contributed by atoms with Crippen molar-refractivity contribution in [3.8, 4) is 0 Å². The third-order valence-corrected chi connectivity index (χ3v) is 2.58. The highest BCUT2D eigenvalue weighted by Gasteiger charge is 2.25. The molecule has 1 N–H and O–H groups in total. The number of rotatable bonds is 5. The van der Waals surface area contributed by atoms with Crippen molar-refractivity contribution in [2.24, 2.45) is 0 Å². The van der Waals surface area contributed by atoms with Crippen molar-refractivity contribution in [2.45, 2.75) is 19.1 Å². The van der Waals surface area contributed by atoms with E-state index in [1.165, 1.54) is 14.2 Å². The van der Waals surface area contributed by atoms with Gasteiger partial charge in [0.25, 0.3) is 0 Å². The molecule has 0 saturated carbocycles. The summed E-state index contributed by atoms with van der Waals surface area (Å²) in [7, 11) is 2.71. The number of benzene rings is 1. The highest BCUT2D eigenvalue weighted by Crippen LogP contribution is 2.14. The van der Waals surface area contributed by atoms with Crippen molar-refractivity contribution in [1.29, 1.82) is 0 Å². The van der Waals surface area contributed by atoms with Gasteiger partial charge in [0.1, 0.15) is 6.10 Å². The minimum atomic E-state index is -0.818. The van der Waals surface area contributed by atoms with Crippen molar-refractivity contribution >= 4 is 11.9 Å². The molecule has 1 aromatic rings. The van der Waals surface area contributed by atoms with Gasteiger partial charge in [-0.15, -0.1) is 0 Å². The van der Waals surface area contributed by atoms with Gasteiger partial charge in [0.2, 0.25) is 5.91 Å². The maximum absolute atomic E-state index is 11.7. The molecule has 0 bridgehead atoms. The lowest BCUT2D eigenvalue weighted by atomic mass is 10.1. The summed E-state index contributed by atoms with van der Waals surface area (Å²) in [4.78, 5) is 23.4. The maximum Gasteiger partial charge on any atom is 0.333 e. The largest absolute Gasteiger partial charge is 0.467 e. The molecule has 1 rings (SSSR count). The second kappa shape index (κ2) is 6.76. The summed E-state index contributed by atoms with van der Waals surface area (Å²) in [6.45, 7) is 1.61. The topological polar surface area (TPSA) is 64.6 Å². The van der Waals surface area contributed by atoms with E-state index < -0.39 is 18.1 Å². The Labute approximate surface area is 106 Å². The number of ether oxygens (including phenoxy) is 2. The molecular weight excluding hydrogens is 234 g/mol. The van der Waals surface area contributed by atoms with E-state index in [1.807, 2.05) is 6.07 Å². The Morgan fingerprint density at radius 2 is 1.78 bits per heavy atom. The first-order chi connectivity index (χ1) is 8.60. The van der Waals surface area contributed by atoms with Crippen LogP contribution in [0.1, 0.15) is 18.5 Å². The van der Waals surface area contributed by atoms with Crippen LogP contribution in [0.25, 0.3) is 0 Å². The second-order valence-electron chi connectivity index (χ2n) is 3.75. The monoisotopic (exact) mass is 251 g/mol. The predicted octanol–water partition coefficient (Wildman–Crippen LogP) is 1.05. The first kappa shape index (κ1) is 14.2. The van der Waals surface area contributed by atoms with Crippen molar-refractivity contribution < 1.29 is 19.1 Å². The molecular formula is C13H17NO4. The molecule has 0 aliphatic carbocycles. The van der Waals surface area contributed by atoms with Crippen LogP contribution in [0.3, 0.4) is 0 Å². The highest BCUT2D eigenvalue weighted by molar-refractivity contribution is 5.87. The smallest absolute Gasteiger partial charge is 0.333 e. The lowest BCUT2D eigenvalue weighted by molar-refractivity contribution is -0.146. The van der Waals surface area contributed by atoms with Crippen LogP contribution in [-0.4, -0.2) is 32.2 Å². The van der Waals surface area contributed by atoms with Crippen molar-refractivity contribution in [3.05, 3.63) is 35.9 Å². The normalized spacial score (nSPS) is 13.5. The Bertz CT molecular complexity index is 405. The van der Waals surface area contributed by atoms with E-state index in [0.717, 1.165) is 0 Å². The predicted molar refractivity (Wildman–Crippen MR) is 65.8 cm³/mol. The van der Waals surface area contributed by atoms with Crippen LogP contribution in [0.2, 0.25) is 0 Å². The Kier molecular flexibility index (Phi) is 5.32. The molecule has 2 unspecified atom stereocenters. The van der Waals surface area contributed by atoms with Gasteiger partial charge >= 0.3 is 5.97 Å². The van der Waals surface area contributed by atoms with Crippen molar-refractivity contribution in [3.63, 3.8) is 0 Å². The fourth-order valence-electron chi connectivity index (χ4n) is 1.41. The maximum atomic E-state index is 11.7. The van der Waals surface area contributed by atoms with Crippen LogP contribution >= 0.6 is 0 Å². The molecule has 0 fully saturated rings. The third-order valence-electron chi connectivity index (χ3n) is 2.58. The molecule has 5 heteroatoms. The minimum Gasteiger partial charge on any atom is -0.467 e. The number of hydrogen-bond donors (Lipinski definition) is 1. The summed E-state index contributed by atoms with van der Waals surface area (Å²) >= 11 is 0. The number of carbonyl (C=O) groups excluding carboxylic acids is 2. The van der Waals surface area contributed by atoms with Gasteiger partial charge in [0.05, 0.1) is 7.11 Å². The van der Waals surface area contributed by atoms with E-state index in [-0.39, 0.29) is 5.91 Å². The van der Waals surface area contributed by atoms with Gasteiger partial charge in [-0.2, -0.15) is 0 Å². The zero-order valence-electron chi connectivity index (χ0n) is 10.7. The van der Waals surface area contributed by atoms with E-state index >= 15 is 0 Å². The van der Waals surface area contributed by atoms with Crippen LogP contribution in [-0.2, 0) is 19.1 Å². The molecule has 2 atom stereocenters. The van der Waals surface area contributed by atoms with E-state index in [4.69, 9.17) is 4.74 Å². The fraction of sp³-hybridized carbons (Fsp3) is 0.385. The number of esters is 1. The molecule has 0 spiro atoms. The SMILES string of the molecule is COC(=O)C(NC(=O)C(C)OC)c1ccccc1. The van der Waals surface area contributed by atoms with E-state index in [0.29, 0.717) is 5.56 Å². The fourth-order valence-corrected chi connectivity index (χ4v) is 1.41. The molecule has 1 aromatic carbocycles. The zero-order chi connectivity index (χ0) is 13.5. The summed E-state index contributed by atoms with van der Waals surface area (Å²) in [6.07, 6.45) is -0.624. The molecule has 18 heavy (non-hydrogen) atoms. The number of hydrogen-bond acceptors (Lipinski definition) is 4. The molecule has 98 valence electrons. The Morgan fingerprint density at radius 1 is 1.17 bits per heavy atom. The molecule has 0 heterocycles. The van der Waals surface area contributed by atoms with Gasteiger partial charge < -0.3 is 14.8 Å². The lowest BCUT2D eigenvalue weighted by Crippen LogP contribution is -2.40. The summed E-state index contributed by atoms with van der Waals surface area (Å²) in [5.41, 5.74) is 0.668. The van der Waals surface area contributed by atoms with Gasteiger partial charge in [-0.1, -0.05) is 30.3 Å². The van der Waals surface area contributed by atoms with Crippen LogP contribution < -0.4 is 5.32 Å².